The summed E-state index contributed by atoms with van der Waals surface area (Å²) in [4.78, 5) is 23.7. The van der Waals surface area contributed by atoms with Crippen LogP contribution in [0.2, 0.25) is 5.02 Å². The normalized spacial score (nSPS) is 11.6. The molecule has 2 aromatic rings. The van der Waals surface area contributed by atoms with Crippen LogP contribution in [0.3, 0.4) is 0 Å². The summed E-state index contributed by atoms with van der Waals surface area (Å²) in [6.45, 7) is 2.19. The number of halogens is 1. The third kappa shape index (κ3) is 5.11. The standard InChI is InChI=1S/C18H19ClN2O2/c1-13(14-7-3-2-4-8-14)21-18(23)17(22)20-12-11-15-9-5-6-10-16(15)19/h2-10,13H,11-12H2,1H3,(H,20,22)(H,21,23)/t13-/m0/s1. The SMILES string of the molecule is C[C@H](NC(=O)C(=O)NCCc1ccccc1Cl)c1ccccc1. The Balaban J connectivity index is 1.79. The highest BCUT2D eigenvalue weighted by atomic mass is 35.5. The highest BCUT2D eigenvalue weighted by Crippen LogP contribution is 2.14. The predicted octanol–water partition coefficient (Wildman–Crippen LogP) is 2.88. The summed E-state index contributed by atoms with van der Waals surface area (Å²) in [5, 5.41) is 5.94. The van der Waals surface area contributed by atoms with Gasteiger partial charge < -0.3 is 10.6 Å². The van der Waals surface area contributed by atoms with Crippen molar-refractivity contribution in [2.75, 3.05) is 6.54 Å². The van der Waals surface area contributed by atoms with E-state index in [1.54, 1.807) is 6.07 Å². The molecule has 0 aromatic heterocycles. The number of carbonyl (C=O) groups excluding carboxylic acids is 2. The molecule has 4 nitrogen and oxygen atoms in total. The molecule has 0 aliphatic heterocycles. The van der Waals surface area contributed by atoms with Crippen molar-refractivity contribution in [3.63, 3.8) is 0 Å². The Morgan fingerprint density at radius 3 is 2.35 bits per heavy atom. The van der Waals surface area contributed by atoms with Gasteiger partial charge in [0.2, 0.25) is 0 Å². The van der Waals surface area contributed by atoms with Crippen molar-refractivity contribution in [3.05, 3.63) is 70.7 Å². The van der Waals surface area contributed by atoms with Crippen molar-refractivity contribution in [1.82, 2.24) is 10.6 Å². The van der Waals surface area contributed by atoms with Gasteiger partial charge in [-0.05, 0) is 30.5 Å². The second kappa shape index (κ2) is 8.34. The third-order valence-corrected chi connectivity index (χ3v) is 3.86. The highest BCUT2D eigenvalue weighted by molar-refractivity contribution is 6.35. The first-order valence-electron chi connectivity index (χ1n) is 7.45. The van der Waals surface area contributed by atoms with Gasteiger partial charge in [-0.25, -0.2) is 0 Å². The Hall–Kier alpha value is -2.33. The van der Waals surface area contributed by atoms with Crippen LogP contribution in [-0.2, 0) is 16.0 Å². The second-order valence-electron chi connectivity index (χ2n) is 5.20. The number of benzene rings is 2. The number of carbonyl (C=O) groups is 2. The van der Waals surface area contributed by atoms with Crippen molar-refractivity contribution in [3.8, 4) is 0 Å². The molecule has 0 bridgehead atoms. The Labute approximate surface area is 140 Å². The molecule has 1 atom stereocenters. The number of hydrogen-bond donors (Lipinski definition) is 2. The van der Waals surface area contributed by atoms with E-state index in [9.17, 15) is 9.59 Å². The molecule has 0 unspecified atom stereocenters. The van der Waals surface area contributed by atoms with E-state index >= 15 is 0 Å². The first kappa shape index (κ1) is 17.0. The minimum absolute atomic E-state index is 0.224. The van der Waals surface area contributed by atoms with Crippen molar-refractivity contribution >= 4 is 23.4 Å². The number of amides is 2. The minimum Gasteiger partial charge on any atom is -0.348 e. The van der Waals surface area contributed by atoms with Crippen LogP contribution in [0.15, 0.2) is 54.6 Å². The first-order chi connectivity index (χ1) is 11.1. The van der Waals surface area contributed by atoms with Crippen LogP contribution in [0.5, 0.6) is 0 Å². The number of hydrogen-bond acceptors (Lipinski definition) is 2. The molecule has 0 fully saturated rings. The van der Waals surface area contributed by atoms with Crippen LogP contribution >= 0.6 is 11.6 Å². The van der Waals surface area contributed by atoms with Crippen molar-refractivity contribution in [2.45, 2.75) is 19.4 Å². The zero-order valence-electron chi connectivity index (χ0n) is 12.9. The van der Waals surface area contributed by atoms with Crippen LogP contribution in [0.1, 0.15) is 24.1 Å². The molecule has 0 aliphatic carbocycles. The second-order valence-corrected chi connectivity index (χ2v) is 5.61. The maximum atomic E-state index is 11.9. The Morgan fingerprint density at radius 2 is 1.65 bits per heavy atom. The van der Waals surface area contributed by atoms with E-state index in [-0.39, 0.29) is 6.04 Å². The molecule has 0 radical (unpaired) electrons. The molecule has 2 N–H and O–H groups in total. The Morgan fingerprint density at radius 1 is 1.00 bits per heavy atom. The predicted molar refractivity (Wildman–Crippen MR) is 91.2 cm³/mol. The van der Waals surface area contributed by atoms with Crippen molar-refractivity contribution in [2.24, 2.45) is 0 Å². The van der Waals surface area contributed by atoms with Crippen molar-refractivity contribution < 1.29 is 9.59 Å². The largest absolute Gasteiger partial charge is 0.348 e. The molecule has 0 saturated carbocycles. The average molecular weight is 331 g/mol. The molecule has 2 amide bonds. The van der Waals surface area contributed by atoms with Crippen LogP contribution in [0.4, 0.5) is 0 Å². The van der Waals surface area contributed by atoms with Crippen LogP contribution in [0, 0.1) is 0 Å². The molecule has 0 aliphatic rings. The van der Waals surface area contributed by atoms with Gasteiger partial charge in [0, 0.05) is 11.6 Å². The maximum Gasteiger partial charge on any atom is 0.309 e. The van der Waals surface area contributed by atoms with E-state index in [4.69, 9.17) is 11.6 Å². The van der Waals surface area contributed by atoms with E-state index in [1.807, 2.05) is 55.5 Å². The third-order valence-electron chi connectivity index (χ3n) is 3.49. The van der Waals surface area contributed by atoms with Gasteiger partial charge in [-0.15, -0.1) is 0 Å². The monoisotopic (exact) mass is 330 g/mol. The van der Waals surface area contributed by atoms with Gasteiger partial charge in [-0.3, -0.25) is 9.59 Å². The lowest BCUT2D eigenvalue weighted by Gasteiger charge is -2.14. The molecule has 0 saturated heterocycles. The molecule has 2 rings (SSSR count). The fourth-order valence-corrected chi connectivity index (χ4v) is 2.41. The molecule has 2 aromatic carbocycles. The number of nitrogens with one attached hydrogen (secondary N) is 2. The molecule has 23 heavy (non-hydrogen) atoms. The van der Waals surface area contributed by atoms with Crippen molar-refractivity contribution in [1.29, 1.82) is 0 Å². The first-order valence-corrected chi connectivity index (χ1v) is 7.83. The summed E-state index contributed by atoms with van der Waals surface area (Å²) >= 11 is 6.05. The molecule has 0 spiro atoms. The van der Waals surface area contributed by atoms with Gasteiger partial charge in [-0.2, -0.15) is 0 Å². The fourth-order valence-electron chi connectivity index (χ4n) is 2.18. The lowest BCUT2D eigenvalue weighted by Crippen LogP contribution is -2.41. The lowest BCUT2D eigenvalue weighted by molar-refractivity contribution is -0.139. The van der Waals surface area contributed by atoms with Gasteiger partial charge in [0.1, 0.15) is 0 Å². The Kier molecular flexibility index (Phi) is 6.18. The molecule has 120 valence electrons. The fraction of sp³-hybridized carbons (Fsp3) is 0.222. The van der Waals surface area contributed by atoms with E-state index in [0.29, 0.717) is 18.0 Å². The van der Waals surface area contributed by atoms with E-state index in [2.05, 4.69) is 10.6 Å². The summed E-state index contributed by atoms with van der Waals surface area (Å²) in [5.74, 6) is -1.28. The number of rotatable bonds is 5. The van der Waals surface area contributed by atoms with E-state index in [1.165, 1.54) is 0 Å². The quantitative estimate of drug-likeness (QED) is 0.828. The average Bonchev–Trinajstić information content (AvgIpc) is 2.57. The van der Waals surface area contributed by atoms with E-state index < -0.39 is 11.8 Å². The maximum absolute atomic E-state index is 11.9. The van der Waals surface area contributed by atoms with Crippen LogP contribution < -0.4 is 10.6 Å². The zero-order valence-corrected chi connectivity index (χ0v) is 13.6. The topological polar surface area (TPSA) is 58.2 Å². The summed E-state index contributed by atoms with van der Waals surface area (Å²) in [6, 6.07) is 16.7. The summed E-state index contributed by atoms with van der Waals surface area (Å²) in [5.41, 5.74) is 1.89. The molecular weight excluding hydrogens is 312 g/mol. The highest BCUT2D eigenvalue weighted by Gasteiger charge is 2.16. The summed E-state index contributed by atoms with van der Waals surface area (Å²) in [7, 11) is 0. The van der Waals surface area contributed by atoms with Gasteiger partial charge in [0.05, 0.1) is 6.04 Å². The van der Waals surface area contributed by atoms with Gasteiger partial charge >= 0.3 is 11.8 Å². The van der Waals surface area contributed by atoms with Gasteiger partial charge in [0.15, 0.2) is 0 Å². The summed E-state index contributed by atoms with van der Waals surface area (Å²) in [6.07, 6.45) is 0.576. The smallest absolute Gasteiger partial charge is 0.309 e. The summed E-state index contributed by atoms with van der Waals surface area (Å²) < 4.78 is 0. The Bertz CT molecular complexity index is 674. The van der Waals surface area contributed by atoms with E-state index in [0.717, 1.165) is 11.1 Å². The van der Waals surface area contributed by atoms with Crippen LogP contribution in [0.25, 0.3) is 0 Å². The molecule has 0 heterocycles. The minimum atomic E-state index is -0.639. The van der Waals surface area contributed by atoms with Gasteiger partial charge in [0.25, 0.3) is 0 Å². The van der Waals surface area contributed by atoms with Gasteiger partial charge in [-0.1, -0.05) is 60.1 Å². The zero-order chi connectivity index (χ0) is 16.7. The lowest BCUT2D eigenvalue weighted by atomic mass is 10.1. The molecular formula is C18H19ClN2O2. The molecule has 5 heteroatoms. The van der Waals surface area contributed by atoms with Crippen LogP contribution in [-0.4, -0.2) is 18.4 Å².